The summed E-state index contributed by atoms with van der Waals surface area (Å²) < 4.78 is 0. The van der Waals surface area contributed by atoms with E-state index in [0.29, 0.717) is 0 Å². The Balaban J connectivity index is 0. The van der Waals surface area contributed by atoms with Gasteiger partial charge in [0.25, 0.3) is 0 Å². The highest BCUT2D eigenvalue weighted by Gasteiger charge is 1.95. The average molecular weight is 497 g/mol. The van der Waals surface area contributed by atoms with Crippen LogP contribution in [0.15, 0.2) is 133 Å². The molecule has 0 amide bonds. The fraction of sp³-hybridized carbons (Fsp3) is 0.297. The van der Waals surface area contributed by atoms with Crippen LogP contribution in [0.3, 0.4) is 0 Å². The van der Waals surface area contributed by atoms with Gasteiger partial charge in [0.2, 0.25) is 0 Å². The van der Waals surface area contributed by atoms with Crippen LogP contribution in [0.4, 0.5) is 0 Å². The van der Waals surface area contributed by atoms with Crippen molar-refractivity contribution < 1.29 is 0 Å². The molecule has 37 heavy (non-hydrogen) atoms. The van der Waals surface area contributed by atoms with Crippen LogP contribution in [0, 0.1) is 5.92 Å². The van der Waals surface area contributed by atoms with Gasteiger partial charge in [0.05, 0.1) is 0 Å². The predicted octanol–water partition coefficient (Wildman–Crippen LogP) is 12.5. The summed E-state index contributed by atoms with van der Waals surface area (Å²) in [7, 11) is 0. The second-order valence-corrected chi connectivity index (χ2v) is 8.30. The number of fused-ring (bicyclic) bond motifs is 2. The van der Waals surface area contributed by atoms with Crippen molar-refractivity contribution >= 4 is 21.5 Å². The lowest BCUT2D eigenvalue weighted by molar-refractivity contribution is 0.737. The van der Waals surface area contributed by atoms with Crippen LogP contribution >= 0.6 is 0 Å². The third-order valence-electron chi connectivity index (χ3n) is 3.95. The van der Waals surface area contributed by atoms with Gasteiger partial charge in [0.1, 0.15) is 0 Å². The van der Waals surface area contributed by atoms with Crippen molar-refractivity contribution in [3.8, 4) is 0 Å². The third-order valence-corrected chi connectivity index (χ3v) is 3.95. The zero-order chi connectivity index (χ0) is 28.2. The smallest absolute Gasteiger partial charge is 0.0178 e. The van der Waals surface area contributed by atoms with Crippen molar-refractivity contribution in [1.82, 2.24) is 0 Å². The molecule has 5 rings (SSSR count). The molecular formula is C37H52. The third kappa shape index (κ3) is 20.5. The number of hydrogen-bond donors (Lipinski definition) is 0. The molecular weight excluding hydrogens is 444 g/mol. The van der Waals surface area contributed by atoms with Gasteiger partial charge in [-0.2, -0.15) is 0 Å². The molecule has 0 heteroatoms. The first-order chi connectivity index (χ1) is 18.1. The van der Waals surface area contributed by atoms with Crippen LogP contribution in [0.2, 0.25) is 0 Å². The molecule has 0 radical (unpaired) electrons. The number of benzene rings is 5. The van der Waals surface area contributed by atoms with Crippen molar-refractivity contribution in [2.45, 2.75) is 68.7 Å². The first-order valence-electron chi connectivity index (χ1n) is 14.0. The van der Waals surface area contributed by atoms with Crippen LogP contribution in [0.25, 0.3) is 21.5 Å². The normalized spacial score (nSPS) is 8.49. The van der Waals surface area contributed by atoms with Gasteiger partial charge < -0.3 is 0 Å². The molecule has 0 heterocycles. The summed E-state index contributed by atoms with van der Waals surface area (Å²) in [5, 5.41) is 5.25. The Kier molecular flexibility index (Phi) is 26.3. The van der Waals surface area contributed by atoms with Crippen LogP contribution in [0.1, 0.15) is 68.7 Å². The Morgan fingerprint density at radius 3 is 0.649 bits per heavy atom. The molecule has 0 aliphatic carbocycles. The van der Waals surface area contributed by atoms with Gasteiger partial charge in [-0.1, -0.05) is 190 Å². The predicted molar refractivity (Wildman–Crippen MR) is 174 cm³/mol. The maximum absolute atomic E-state index is 2.24. The Morgan fingerprint density at radius 1 is 0.378 bits per heavy atom. The highest BCUT2D eigenvalue weighted by atomic mass is 14.0. The molecule has 0 N–H and O–H groups in total. The summed E-state index contributed by atoms with van der Waals surface area (Å²) in [4.78, 5) is 0. The van der Waals surface area contributed by atoms with E-state index < -0.39 is 0 Å². The average Bonchev–Trinajstić information content (AvgIpc) is 2.97. The van der Waals surface area contributed by atoms with Crippen LogP contribution in [-0.2, 0) is 0 Å². The van der Waals surface area contributed by atoms with E-state index in [2.05, 4.69) is 95.3 Å². The molecule has 0 aliphatic heterocycles. The molecule has 0 aromatic heterocycles. The van der Waals surface area contributed by atoms with Gasteiger partial charge in [-0.25, -0.2) is 0 Å². The Bertz CT molecular complexity index is 887. The number of rotatable bonds is 0. The van der Waals surface area contributed by atoms with E-state index in [-0.39, 0.29) is 0 Å². The first-order valence-corrected chi connectivity index (χ1v) is 14.0. The van der Waals surface area contributed by atoms with Gasteiger partial charge >= 0.3 is 0 Å². The minimum absolute atomic E-state index is 0.833. The van der Waals surface area contributed by atoms with Gasteiger partial charge in [0.15, 0.2) is 0 Å². The van der Waals surface area contributed by atoms with E-state index in [1.165, 1.54) is 28.0 Å². The Morgan fingerprint density at radius 2 is 0.514 bits per heavy atom. The van der Waals surface area contributed by atoms with E-state index in [1.54, 1.807) is 0 Å². The van der Waals surface area contributed by atoms with Crippen molar-refractivity contribution in [1.29, 1.82) is 0 Å². The second kappa shape index (κ2) is 27.2. The summed E-state index contributed by atoms with van der Waals surface area (Å²) in [6.07, 6.45) is 1.25. The number of hydrogen-bond acceptors (Lipinski definition) is 0. The highest BCUT2D eigenvalue weighted by molar-refractivity contribution is 5.98. The van der Waals surface area contributed by atoms with Gasteiger partial charge in [-0.05, 0) is 39.6 Å². The molecule has 0 atom stereocenters. The molecule has 0 spiro atoms. The molecule has 5 aromatic rings. The van der Waals surface area contributed by atoms with Crippen molar-refractivity contribution in [3.63, 3.8) is 0 Å². The van der Waals surface area contributed by atoms with Crippen LogP contribution in [-0.4, -0.2) is 0 Å². The van der Waals surface area contributed by atoms with E-state index in [0.717, 1.165) is 5.92 Å². The van der Waals surface area contributed by atoms with Crippen molar-refractivity contribution in [2.75, 3.05) is 0 Å². The largest absolute Gasteiger partial charge is 0.0683 e. The zero-order valence-corrected chi connectivity index (χ0v) is 25.0. The van der Waals surface area contributed by atoms with E-state index in [4.69, 9.17) is 0 Å². The fourth-order valence-electron chi connectivity index (χ4n) is 2.65. The summed E-state index contributed by atoms with van der Waals surface area (Å²) in [5.74, 6) is 0.833. The Labute approximate surface area is 229 Å². The molecule has 5 aromatic carbocycles. The molecule has 0 bridgehead atoms. The van der Waals surface area contributed by atoms with E-state index in [1.807, 2.05) is 100 Å². The lowest BCUT2D eigenvalue weighted by atomic mass is 10.0. The maximum Gasteiger partial charge on any atom is -0.0178 e. The van der Waals surface area contributed by atoms with Gasteiger partial charge in [-0.3, -0.25) is 0 Å². The fourth-order valence-corrected chi connectivity index (χ4v) is 2.65. The molecule has 0 aliphatic rings. The standard InChI is InChI=1S/C14H10.2C6H6.C4H10.C3H8.2C2H6/c1-2-6-12-10-14-8-4-3-7-13(14)9-11(12)5-1;2*1-2-4-6-5-3-1;1-4(2)3;1-3-2;2*1-2/h1-10H;2*1-6H;4H,1-3H3;3H2,1-2H3;2*1-2H3. The molecule has 0 unspecified atom stereocenters. The quantitative estimate of drug-likeness (QED) is 0.187. The summed E-state index contributed by atoms with van der Waals surface area (Å²) >= 11 is 0. The SMILES string of the molecule is CC.CC.CC(C)C.CCC.c1ccc2cc3ccccc3cc2c1.c1ccccc1.c1ccccc1. The minimum Gasteiger partial charge on any atom is -0.0683 e. The lowest BCUT2D eigenvalue weighted by Gasteiger charge is -2.00. The summed E-state index contributed by atoms with van der Waals surface area (Å²) in [6, 6.07) is 45.4. The van der Waals surface area contributed by atoms with E-state index >= 15 is 0 Å². The van der Waals surface area contributed by atoms with Crippen LogP contribution in [0.5, 0.6) is 0 Å². The zero-order valence-electron chi connectivity index (χ0n) is 25.0. The lowest BCUT2D eigenvalue weighted by Crippen LogP contribution is -1.74. The van der Waals surface area contributed by atoms with Crippen LogP contribution < -0.4 is 0 Å². The first kappa shape index (κ1) is 35.8. The van der Waals surface area contributed by atoms with Gasteiger partial charge in [0, 0.05) is 0 Å². The second-order valence-electron chi connectivity index (χ2n) is 8.30. The minimum atomic E-state index is 0.833. The molecule has 0 fully saturated rings. The summed E-state index contributed by atoms with van der Waals surface area (Å²) in [5.41, 5.74) is 0. The Hall–Kier alpha value is -3.38. The van der Waals surface area contributed by atoms with Gasteiger partial charge in [-0.15, -0.1) is 0 Å². The van der Waals surface area contributed by atoms with Crippen molar-refractivity contribution in [2.24, 2.45) is 5.92 Å². The molecule has 0 saturated carbocycles. The molecule has 0 saturated heterocycles. The highest BCUT2D eigenvalue weighted by Crippen LogP contribution is 2.22. The van der Waals surface area contributed by atoms with Crippen molar-refractivity contribution in [3.05, 3.63) is 133 Å². The monoisotopic (exact) mass is 496 g/mol. The van der Waals surface area contributed by atoms with E-state index in [9.17, 15) is 0 Å². The maximum atomic E-state index is 2.24. The molecule has 200 valence electrons. The topological polar surface area (TPSA) is 0 Å². The summed E-state index contributed by atoms with van der Waals surface area (Å²) in [6.45, 7) is 18.8. The molecule has 0 nitrogen and oxygen atoms in total.